The lowest BCUT2D eigenvalue weighted by molar-refractivity contribution is -0.138. The molecule has 0 saturated heterocycles. The summed E-state index contributed by atoms with van der Waals surface area (Å²) < 4.78 is 5.61. The highest BCUT2D eigenvalue weighted by Gasteiger charge is 2.15. The Morgan fingerprint density at radius 3 is 2.14 bits per heavy atom. The van der Waals surface area contributed by atoms with Gasteiger partial charge in [0, 0.05) is 5.56 Å². The molecular weight excluding hydrogens is 270 g/mol. The molecule has 0 fully saturated rings. The van der Waals surface area contributed by atoms with E-state index in [1.54, 1.807) is 24.3 Å². The molecule has 108 valence electrons. The minimum atomic E-state index is -1.08. The maximum atomic E-state index is 11.8. The van der Waals surface area contributed by atoms with E-state index >= 15 is 0 Å². The van der Waals surface area contributed by atoms with Gasteiger partial charge in [-0.15, -0.1) is 0 Å². The number of ether oxygens (including phenoxy) is 1. The summed E-state index contributed by atoms with van der Waals surface area (Å²) in [7, 11) is 0. The van der Waals surface area contributed by atoms with Gasteiger partial charge >= 0.3 is 5.97 Å². The molecule has 0 aromatic heterocycles. The minimum Gasteiger partial charge on any atom is -0.480 e. The van der Waals surface area contributed by atoms with Gasteiger partial charge in [-0.1, -0.05) is 18.2 Å². The zero-order valence-corrected chi connectivity index (χ0v) is 11.4. The van der Waals surface area contributed by atoms with Crippen molar-refractivity contribution in [3.63, 3.8) is 0 Å². The zero-order chi connectivity index (χ0) is 15.2. The standard InChI is InChI=1S/C16H15NO4/c1-11(16(19)20)17-15(18)12-7-9-14(10-8-12)21-13-5-3-2-4-6-13/h2-11H,1H3,(H,17,18)(H,19,20). The van der Waals surface area contributed by atoms with Crippen molar-refractivity contribution in [2.24, 2.45) is 0 Å². The van der Waals surface area contributed by atoms with Gasteiger partial charge in [-0.3, -0.25) is 9.59 Å². The van der Waals surface area contributed by atoms with Crippen LogP contribution in [0.3, 0.4) is 0 Å². The Bertz CT molecular complexity index is 622. The molecule has 2 aromatic carbocycles. The number of nitrogens with one attached hydrogen (secondary N) is 1. The van der Waals surface area contributed by atoms with Crippen LogP contribution in [-0.4, -0.2) is 23.0 Å². The molecule has 0 saturated carbocycles. The molecule has 2 aromatic rings. The Hall–Kier alpha value is -2.82. The number of carboxylic acids is 1. The molecular formula is C16H15NO4. The van der Waals surface area contributed by atoms with Crippen LogP contribution in [0.2, 0.25) is 0 Å². The monoisotopic (exact) mass is 285 g/mol. The van der Waals surface area contributed by atoms with Crippen molar-refractivity contribution in [3.05, 3.63) is 60.2 Å². The second kappa shape index (κ2) is 6.56. The molecule has 2 rings (SSSR count). The van der Waals surface area contributed by atoms with E-state index in [2.05, 4.69) is 5.32 Å². The maximum Gasteiger partial charge on any atom is 0.325 e. The number of benzene rings is 2. The number of carbonyl (C=O) groups is 2. The molecule has 0 aliphatic carbocycles. The molecule has 0 aliphatic rings. The molecule has 0 bridgehead atoms. The van der Waals surface area contributed by atoms with Gasteiger partial charge in [-0.2, -0.15) is 0 Å². The van der Waals surface area contributed by atoms with Gasteiger partial charge in [0.05, 0.1) is 0 Å². The molecule has 1 unspecified atom stereocenters. The summed E-state index contributed by atoms with van der Waals surface area (Å²) in [6, 6.07) is 14.8. The SMILES string of the molecule is CC(NC(=O)c1ccc(Oc2ccccc2)cc1)C(=O)O. The van der Waals surface area contributed by atoms with Crippen LogP contribution in [0.1, 0.15) is 17.3 Å². The number of hydrogen-bond acceptors (Lipinski definition) is 3. The predicted molar refractivity (Wildman–Crippen MR) is 77.5 cm³/mol. The highest BCUT2D eigenvalue weighted by Crippen LogP contribution is 2.21. The number of carbonyl (C=O) groups excluding carboxylic acids is 1. The van der Waals surface area contributed by atoms with Gasteiger partial charge in [0.25, 0.3) is 5.91 Å². The molecule has 5 nitrogen and oxygen atoms in total. The summed E-state index contributed by atoms with van der Waals surface area (Å²) in [4.78, 5) is 22.5. The molecule has 2 N–H and O–H groups in total. The Labute approximate surface area is 122 Å². The number of para-hydroxylation sites is 1. The van der Waals surface area contributed by atoms with Crippen LogP contribution in [0, 0.1) is 0 Å². The van der Waals surface area contributed by atoms with E-state index in [0.29, 0.717) is 17.1 Å². The van der Waals surface area contributed by atoms with Gasteiger partial charge in [0.15, 0.2) is 0 Å². The predicted octanol–water partition coefficient (Wildman–Crippen LogP) is 2.68. The summed E-state index contributed by atoms with van der Waals surface area (Å²) in [6.07, 6.45) is 0. The number of hydrogen-bond donors (Lipinski definition) is 2. The van der Waals surface area contributed by atoms with Crippen molar-refractivity contribution in [3.8, 4) is 11.5 Å². The second-order valence-electron chi connectivity index (χ2n) is 4.47. The van der Waals surface area contributed by atoms with E-state index in [4.69, 9.17) is 9.84 Å². The van der Waals surface area contributed by atoms with E-state index < -0.39 is 17.9 Å². The van der Waals surface area contributed by atoms with Crippen molar-refractivity contribution in [1.82, 2.24) is 5.32 Å². The molecule has 0 spiro atoms. The first-order chi connectivity index (χ1) is 10.1. The van der Waals surface area contributed by atoms with E-state index in [-0.39, 0.29) is 0 Å². The second-order valence-corrected chi connectivity index (χ2v) is 4.47. The third-order valence-corrected chi connectivity index (χ3v) is 2.81. The van der Waals surface area contributed by atoms with Crippen molar-refractivity contribution in [2.75, 3.05) is 0 Å². The smallest absolute Gasteiger partial charge is 0.325 e. The fourth-order valence-electron chi connectivity index (χ4n) is 1.64. The number of carboxylic acid groups (broad SMARTS) is 1. The molecule has 1 atom stereocenters. The lowest BCUT2D eigenvalue weighted by atomic mass is 10.2. The molecule has 0 aliphatic heterocycles. The highest BCUT2D eigenvalue weighted by molar-refractivity contribution is 5.96. The van der Waals surface area contributed by atoms with Crippen molar-refractivity contribution in [2.45, 2.75) is 13.0 Å². The van der Waals surface area contributed by atoms with Gasteiger partial charge in [0.2, 0.25) is 0 Å². The van der Waals surface area contributed by atoms with Crippen LogP contribution in [0.4, 0.5) is 0 Å². The van der Waals surface area contributed by atoms with Crippen LogP contribution in [0.5, 0.6) is 11.5 Å². The average Bonchev–Trinajstić information content (AvgIpc) is 2.48. The van der Waals surface area contributed by atoms with Crippen molar-refractivity contribution >= 4 is 11.9 Å². The summed E-state index contributed by atoms with van der Waals surface area (Å²) in [5.41, 5.74) is 0.378. The van der Waals surface area contributed by atoms with Crippen LogP contribution >= 0.6 is 0 Å². The van der Waals surface area contributed by atoms with E-state index in [9.17, 15) is 9.59 Å². The normalized spacial score (nSPS) is 11.5. The van der Waals surface area contributed by atoms with Crippen LogP contribution in [-0.2, 0) is 4.79 Å². The van der Waals surface area contributed by atoms with Crippen LogP contribution in [0.15, 0.2) is 54.6 Å². The maximum absolute atomic E-state index is 11.8. The number of rotatable bonds is 5. The summed E-state index contributed by atoms with van der Waals surface area (Å²) in [5, 5.41) is 11.1. The third-order valence-electron chi connectivity index (χ3n) is 2.81. The zero-order valence-electron chi connectivity index (χ0n) is 11.4. The van der Waals surface area contributed by atoms with E-state index in [1.165, 1.54) is 6.92 Å². The molecule has 0 radical (unpaired) electrons. The number of aliphatic carboxylic acids is 1. The highest BCUT2D eigenvalue weighted by atomic mass is 16.5. The van der Waals surface area contributed by atoms with E-state index in [0.717, 1.165) is 0 Å². The molecule has 0 heterocycles. The molecule has 21 heavy (non-hydrogen) atoms. The average molecular weight is 285 g/mol. The van der Waals surface area contributed by atoms with Gasteiger partial charge in [0.1, 0.15) is 17.5 Å². The Balaban J connectivity index is 2.02. The third kappa shape index (κ3) is 4.07. The summed E-state index contributed by atoms with van der Waals surface area (Å²) >= 11 is 0. The fraction of sp³-hybridized carbons (Fsp3) is 0.125. The van der Waals surface area contributed by atoms with Crippen LogP contribution in [0.25, 0.3) is 0 Å². The first kappa shape index (κ1) is 14.6. The first-order valence-corrected chi connectivity index (χ1v) is 6.43. The summed E-state index contributed by atoms with van der Waals surface area (Å²) in [5.74, 6) is -0.207. The lowest BCUT2D eigenvalue weighted by Gasteiger charge is -2.10. The number of amides is 1. The summed E-state index contributed by atoms with van der Waals surface area (Å²) in [6.45, 7) is 1.41. The van der Waals surface area contributed by atoms with Crippen molar-refractivity contribution < 1.29 is 19.4 Å². The quantitative estimate of drug-likeness (QED) is 0.885. The van der Waals surface area contributed by atoms with Crippen LogP contribution < -0.4 is 10.1 Å². The minimum absolute atomic E-state index is 0.378. The van der Waals surface area contributed by atoms with E-state index in [1.807, 2.05) is 30.3 Å². The Kier molecular flexibility index (Phi) is 4.56. The fourth-order valence-corrected chi connectivity index (χ4v) is 1.64. The van der Waals surface area contributed by atoms with Gasteiger partial charge in [-0.05, 0) is 43.3 Å². The lowest BCUT2D eigenvalue weighted by Crippen LogP contribution is -2.38. The Morgan fingerprint density at radius 2 is 1.57 bits per heavy atom. The van der Waals surface area contributed by atoms with Crippen molar-refractivity contribution in [1.29, 1.82) is 0 Å². The topological polar surface area (TPSA) is 75.6 Å². The van der Waals surface area contributed by atoms with Gasteiger partial charge in [-0.25, -0.2) is 0 Å². The molecule has 1 amide bonds. The largest absolute Gasteiger partial charge is 0.480 e. The first-order valence-electron chi connectivity index (χ1n) is 6.43. The van der Waals surface area contributed by atoms with Gasteiger partial charge < -0.3 is 15.2 Å². The molecule has 5 heteroatoms. The Morgan fingerprint density at radius 1 is 1.00 bits per heavy atom.